The molecule has 0 fully saturated rings. The Morgan fingerprint density at radius 1 is 1.24 bits per heavy atom. The number of carbonyl (C=O) groups is 1. The predicted molar refractivity (Wildman–Crippen MR) is 80.8 cm³/mol. The molecule has 0 saturated heterocycles. The van der Waals surface area contributed by atoms with Gasteiger partial charge in [0.2, 0.25) is 5.91 Å². The van der Waals surface area contributed by atoms with Gasteiger partial charge in [0, 0.05) is 5.69 Å². The van der Waals surface area contributed by atoms with Gasteiger partial charge in [-0.1, -0.05) is 18.2 Å². The summed E-state index contributed by atoms with van der Waals surface area (Å²) in [6.07, 6.45) is 0.405. The molecule has 0 radical (unpaired) electrons. The number of fused-ring (bicyclic) bond motifs is 1. The first-order valence-electron chi connectivity index (χ1n) is 6.94. The molecule has 2 aromatic carbocycles. The maximum Gasteiger partial charge on any atom is 0.228 e. The lowest BCUT2D eigenvalue weighted by atomic mass is 9.93. The van der Waals surface area contributed by atoms with E-state index in [9.17, 15) is 9.18 Å². The Morgan fingerprint density at radius 3 is 2.81 bits per heavy atom. The third-order valence-electron chi connectivity index (χ3n) is 3.93. The van der Waals surface area contributed by atoms with E-state index in [2.05, 4.69) is 10.6 Å². The molecule has 0 bridgehead atoms. The van der Waals surface area contributed by atoms with Crippen LogP contribution in [0.25, 0.3) is 0 Å². The molecule has 108 valence electrons. The third kappa shape index (κ3) is 2.54. The van der Waals surface area contributed by atoms with Crippen LogP contribution in [0.4, 0.5) is 10.1 Å². The molecule has 1 atom stereocenters. The van der Waals surface area contributed by atoms with Crippen molar-refractivity contribution < 1.29 is 9.18 Å². The highest BCUT2D eigenvalue weighted by Crippen LogP contribution is 2.30. The molecule has 21 heavy (non-hydrogen) atoms. The standard InChI is InChI=1S/C17H17FN2O/c1-10-3-5-13(18)9-14(10)17(19-2)11-4-6-15-12(7-11)8-16(21)20-15/h3-7,9,17,19H,8H2,1-2H3,(H,20,21). The summed E-state index contributed by atoms with van der Waals surface area (Å²) >= 11 is 0. The number of rotatable bonds is 3. The van der Waals surface area contributed by atoms with Crippen LogP contribution in [0.5, 0.6) is 0 Å². The zero-order valence-corrected chi connectivity index (χ0v) is 12.0. The molecule has 1 unspecified atom stereocenters. The van der Waals surface area contributed by atoms with Crippen LogP contribution < -0.4 is 10.6 Å². The Hall–Kier alpha value is -2.20. The zero-order chi connectivity index (χ0) is 15.0. The summed E-state index contributed by atoms with van der Waals surface area (Å²) in [5.41, 5.74) is 4.84. The number of carbonyl (C=O) groups excluding carboxylic acids is 1. The molecule has 3 nitrogen and oxygen atoms in total. The smallest absolute Gasteiger partial charge is 0.228 e. The average Bonchev–Trinajstić information content (AvgIpc) is 2.83. The maximum atomic E-state index is 13.5. The van der Waals surface area contributed by atoms with E-state index in [1.807, 2.05) is 32.2 Å². The Morgan fingerprint density at radius 2 is 2.05 bits per heavy atom. The molecule has 0 aromatic heterocycles. The van der Waals surface area contributed by atoms with Crippen molar-refractivity contribution in [3.63, 3.8) is 0 Å². The molecule has 2 aromatic rings. The summed E-state index contributed by atoms with van der Waals surface area (Å²) in [6, 6.07) is 10.6. The third-order valence-corrected chi connectivity index (χ3v) is 3.93. The van der Waals surface area contributed by atoms with Crippen molar-refractivity contribution in [1.82, 2.24) is 5.32 Å². The largest absolute Gasteiger partial charge is 0.326 e. The highest BCUT2D eigenvalue weighted by molar-refractivity contribution is 5.99. The lowest BCUT2D eigenvalue weighted by Crippen LogP contribution is -2.19. The highest BCUT2D eigenvalue weighted by Gasteiger charge is 2.21. The summed E-state index contributed by atoms with van der Waals surface area (Å²) in [6.45, 7) is 1.97. The minimum atomic E-state index is -0.242. The van der Waals surface area contributed by atoms with Crippen LogP contribution in [0, 0.1) is 12.7 Å². The highest BCUT2D eigenvalue weighted by atomic mass is 19.1. The number of halogens is 1. The van der Waals surface area contributed by atoms with E-state index >= 15 is 0 Å². The van der Waals surface area contributed by atoms with Crippen molar-refractivity contribution >= 4 is 11.6 Å². The molecular weight excluding hydrogens is 267 g/mol. The van der Waals surface area contributed by atoms with Crippen molar-refractivity contribution in [2.45, 2.75) is 19.4 Å². The summed E-state index contributed by atoms with van der Waals surface area (Å²) < 4.78 is 13.5. The average molecular weight is 284 g/mol. The molecule has 1 heterocycles. The van der Waals surface area contributed by atoms with E-state index < -0.39 is 0 Å². The Balaban J connectivity index is 2.03. The zero-order valence-electron chi connectivity index (χ0n) is 12.0. The van der Waals surface area contributed by atoms with Crippen molar-refractivity contribution in [3.05, 3.63) is 64.5 Å². The fourth-order valence-electron chi connectivity index (χ4n) is 2.85. The van der Waals surface area contributed by atoms with Crippen molar-refractivity contribution in [1.29, 1.82) is 0 Å². The molecule has 1 aliphatic heterocycles. The maximum absolute atomic E-state index is 13.5. The summed E-state index contributed by atoms with van der Waals surface area (Å²) in [5, 5.41) is 6.06. The van der Waals surface area contributed by atoms with Crippen molar-refractivity contribution in [2.75, 3.05) is 12.4 Å². The number of benzene rings is 2. The molecule has 2 N–H and O–H groups in total. The van der Waals surface area contributed by atoms with E-state index in [1.165, 1.54) is 6.07 Å². The number of hydrogen-bond acceptors (Lipinski definition) is 2. The van der Waals surface area contributed by atoms with Crippen LogP contribution in [0.1, 0.15) is 28.3 Å². The fraction of sp³-hybridized carbons (Fsp3) is 0.235. The van der Waals surface area contributed by atoms with Crippen LogP contribution in [0.2, 0.25) is 0 Å². The quantitative estimate of drug-likeness (QED) is 0.910. The van der Waals surface area contributed by atoms with Crippen LogP contribution in [-0.4, -0.2) is 13.0 Å². The lowest BCUT2D eigenvalue weighted by molar-refractivity contribution is -0.115. The topological polar surface area (TPSA) is 41.1 Å². The van der Waals surface area contributed by atoms with Gasteiger partial charge in [-0.25, -0.2) is 4.39 Å². The van der Waals surface area contributed by atoms with Gasteiger partial charge in [0.15, 0.2) is 0 Å². The van der Waals surface area contributed by atoms with E-state index in [4.69, 9.17) is 0 Å². The van der Waals surface area contributed by atoms with Gasteiger partial charge in [0.05, 0.1) is 12.5 Å². The van der Waals surface area contributed by atoms with Gasteiger partial charge in [-0.15, -0.1) is 0 Å². The van der Waals surface area contributed by atoms with Crippen molar-refractivity contribution in [3.8, 4) is 0 Å². The fourth-order valence-corrected chi connectivity index (χ4v) is 2.85. The van der Waals surface area contributed by atoms with Gasteiger partial charge in [-0.05, 0) is 54.4 Å². The number of amides is 1. The van der Waals surface area contributed by atoms with Crippen LogP contribution in [0.15, 0.2) is 36.4 Å². The number of anilines is 1. The number of hydrogen-bond donors (Lipinski definition) is 2. The molecule has 1 amide bonds. The lowest BCUT2D eigenvalue weighted by Gasteiger charge is -2.20. The van der Waals surface area contributed by atoms with E-state index in [-0.39, 0.29) is 17.8 Å². The van der Waals surface area contributed by atoms with Gasteiger partial charge in [0.25, 0.3) is 0 Å². The predicted octanol–water partition coefficient (Wildman–Crippen LogP) is 2.94. The summed E-state index contributed by atoms with van der Waals surface area (Å²) in [7, 11) is 1.85. The second-order valence-corrected chi connectivity index (χ2v) is 5.36. The van der Waals surface area contributed by atoms with E-state index in [1.54, 1.807) is 12.1 Å². The molecule has 3 rings (SSSR count). The first-order chi connectivity index (χ1) is 10.1. The normalized spacial score (nSPS) is 14.7. The molecule has 0 spiro atoms. The first kappa shape index (κ1) is 13.8. The molecule has 1 aliphatic rings. The molecule has 0 aliphatic carbocycles. The number of aryl methyl sites for hydroxylation is 1. The van der Waals surface area contributed by atoms with Crippen LogP contribution in [-0.2, 0) is 11.2 Å². The minimum Gasteiger partial charge on any atom is -0.326 e. The first-order valence-corrected chi connectivity index (χ1v) is 6.94. The minimum absolute atomic E-state index is 0.0186. The summed E-state index contributed by atoms with van der Waals surface area (Å²) in [4.78, 5) is 11.4. The molecule has 0 saturated carbocycles. The van der Waals surface area contributed by atoms with Crippen LogP contribution in [0.3, 0.4) is 0 Å². The van der Waals surface area contributed by atoms with E-state index in [0.29, 0.717) is 6.42 Å². The number of nitrogens with one attached hydrogen (secondary N) is 2. The summed E-state index contributed by atoms with van der Waals surface area (Å²) in [5.74, 6) is -0.223. The SMILES string of the molecule is CNC(c1ccc2c(c1)CC(=O)N2)c1cc(F)ccc1C. The van der Waals surface area contributed by atoms with E-state index in [0.717, 1.165) is 27.9 Å². The van der Waals surface area contributed by atoms with Crippen molar-refractivity contribution in [2.24, 2.45) is 0 Å². The monoisotopic (exact) mass is 284 g/mol. The van der Waals surface area contributed by atoms with Gasteiger partial charge >= 0.3 is 0 Å². The van der Waals surface area contributed by atoms with Gasteiger partial charge < -0.3 is 10.6 Å². The Kier molecular flexibility index (Phi) is 3.47. The molecular formula is C17H17FN2O. The Labute approximate surface area is 123 Å². The Bertz CT molecular complexity index is 712. The second-order valence-electron chi connectivity index (χ2n) is 5.36. The second kappa shape index (κ2) is 5.30. The van der Waals surface area contributed by atoms with Crippen LogP contribution >= 0.6 is 0 Å². The van der Waals surface area contributed by atoms with Gasteiger partial charge in [-0.3, -0.25) is 4.79 Å². The van der Waals surface area contributed by atoms with Gasteiger partial charge in [-0.2, -0.15) is 0 Å². The van der Waals surface area contributed by atoms with Gasteiger partial charge in [0.1, 0.15) is 5.82 Å². The molecule has 4 heteroatoms.